The lowest BCUT2D eigenvalue weighted by Crippen LogP contribution is -2.53. The van der Waals surface area contributed by atoms with Crippen LogP contribution in [0.4, 0.5) is 15.9 Å². The van der Waals surface area contributed by atoms with E-state index in [4.69, 9.17) is 0 Å². The molecule has 0 saturated carbocycles. The molecule has 2 aromatic heterocycles. The number of benzene rings is 1. The van der Waals surface area contributed by atoms with E-state index < -0.39 is 0 Å². The Morgan fingerprint density at radius 2 is 2.00 bits per heavy atom. The summed E-state index contributed by atoms with van der Waals surface area (Å²) in [6.45, 7) is 6.68. The number of fused-ring (bicyclic) bond motifs is 1. The normalized spacial score (nSPS) is 16.3. The zero-order valence-electron chi connectivity index (χ0n) is 15.9. The summed E-state index contributed by atoms with van der Waals surface area (Å²) >= 11 is 1.61. The minimum Gasteiger partial charge on any atom is -0.353 e. The Balaban J connectivity index is 1.38. The van der Waals surface area contributed by atoms with Gasteiger partial charge in [-0.1, -0.05) is 6.07 Å². The van der Waals surface area contributed by atoms with Crippen LogP contribution in [-0.2, 0) is 4.79 Å². The summed E-state index contributed by atoms with van der Waals surface area (Å²) in [5, 5.41) is 5.92. The van der Waals surface area contributed by atoms with Gasteiger partial charge >= 0.3 is 0 Å². The van der Waals surface area contributed by atoms with Gasteiger partial charge in [-0.25, -0.2) is 14.4 Å². The third-order valence-electron chi connectivity index (χ3n) is 5.22. The van der Waals surface area contributed by atoms with Crippen LogP contribution in [0.1, 0.15) is 12.5 Å². The molecule has 1 fully saturated rings. The Kier molecular flexibility index (Phi) is 5.23. The molecule has 6 nitrogen and oxygen atoms in total. The van der Waals surface area contributed by atoms with Gasteiger partial charge in [0, 0.05) is 31.9 Å². The van der Waals surface area contributed by atoms with Crippen molar-refractivity contribution >= 4 is 39.0 Å². The van der Waals surface area contributed by atoms with Gasteiger partial charge < -0.3 is 10.2 Å². The van der Waals surface area contributed by atoms with Crippen molar-refractivity contribution in [3.05, 3.63) is 47.4 Å². The van der Waals surface area contributed by atoms with E-state index in [0.29, 0.717) is 11.3 Å². The standard InChI is InChI=1S/C20H22FN5OS/c1-13-3-4-15(11-17(13)21)24-19(27)14(2)25-6-8-26(9-7-25)18-16-5-10-28-20(16)23-12-22-18/h3-5,10-12,14H,6-9H2,1-2H3,(H,24,27)/t14-/m0/s1. The molecule has 1 saturated heterocycles. The highest BCUT2D eigenvalue weighted by Crippen LogP contribution is 2.27. The van der Waals surface area contributed by atoms with Crippen LogP contribution in [0.2, 0.25) is 0 Å². The number of hydrogen-bond donors (Lipinski definition) is 1. The van der Waals surface area contributed by atoms with Gasteiger partial charge in [0.05, 0.1) is 11.4 Å². The highest BCUT2D eigenvalue weighted by atomic mass is 32.1. The summed E-state index contributed by atoms with van der Waals surface area (Å²) in [6, 6.07) is 6.51. The highest BCUT2D eigenvalue weighted by molar-refractivity contribution is 7.16. The number of rotatable bonds is 4. The molecule has 1 aliphatic rings. The molecule has 1 N–H and O–H groups in total. The first-order chi connectivity index (χ1) is 13.5. The van der Waals surface area contributed by atoms with Gasteiger partial charge in [-0.15, -0.1) is 11.3 Å². The average molecular weight is 399 g/mol. The van der Waals surface area contributed by atoms with Gasteiger partial charge in [0.15, 0.2) is 0 Å². The molecular weight excluding hydrogens is 377 g/mol. The Labute approximate surface area is 167 Å². The van der Waals surface area contributed by atoms with E-state index in [1.807, 2.05) is 12.3 Å². The van der Waals surface area contributed by atoms with Crippen molar-refractivity contribution in [3.8, 4) is 0 Å². The largest absolute Gasteiger partial charge is 0.353 e. The number of amides is 1. The molecule has 28 heavy (non-hydrogen) atoms. The SMILES string of the molecule is Cc1ccc(NC(=O)[C@H](C)N2CCN(c3ncnc4sccc34)CC2)cc1F. The molecule has 3 heterocycles. The summed E-state index contributed by atoms with van der Waals surface area (Å²) in [7, 11) is 0. The topological polar surface area (TPSA) is 61.4 Å². The zero-order chi connectivity index (χ0) is 19.7. The first-order valence-electron chi connectivity index (χ1n) is 9.27. The lowest BCUT2D eigenvalue weighted by atomic mass is 10.2. The molecule has 1 atom stereocenters. The molecule has 0 aliphatic carbocycles. The maximum absolute atomic E-state index is 13.7. The van der Waals surface area contributed by atoms with Crippen LogP contribution in [0.15, 0.2) is 36.0 Å². The molecule has 4 rings (SSSR count). The van der Waals surface area contributed by atoms with Gasteiger partial charge in [0.25, 0.3) is 0 Å². The molecule has 0 spiro atoms. The highest BCUT2D eigenvalue weighted by Gasteiger charge is 2.27. The van der Waals surface area contributed by atoms with Crippen molar-refractivity contribution in [3.63, 3.8) is 0 Å². The van der Waals surface area contributed by atoms with Crippen molar-refractivity contribution < 1.29 is 9.18 Å². The fourth-order valence-electron chi connectivity index (χ4n) is 3.43. The first kappa shape index (κ1) is 18.8. The Morgan fingerprint density at radius 3 is 2.75 bits per heavy atom. The second kappa shape index (κ2) is 7.81. The Morgan fingerprint density at radius 1 is 1.21 bits per heavy atom. The van der Waals surface area contributed by atoms with Gasteiger partial charge in [-0.3, -0.25) is 9.69 Å². The Hall–Kier alpha value is -2.58. The van der Waals surface area contributed by atoms with E-state index in [1.54, 1.807) is 36.7 Å². The summed E-state index contributed by atoms with van der Waals surface area (Å²) in [6.07, 6.45) is 1.61. The Bertz CT molecular complexity index is 999. The number of anilines is 2. The van der Waals surface area contributed by atoms with Crippen LogP contribution >= 0.6 is 11.3 Å². The smallest absolute Gasteiger partial charge is 0.241 e. The van der Waals surface area contributed by atoms with E-state index in [9.17, 15) is 9.18 Å². The maximum atomic E-state index is 13.7. The fraction of sp³-hybridized carbons (Fsp3) is 0.350. The number of halogens is 1. The monoisotopic (exact) mass is 399 g/mol. The summed E-state index contributed by atoms with van der Waals surface area (Å²) in [5.41, 5.74) is 1.05. The van der Waals surface area contributed by atoms with Crippen molar-refractivity contribution in [1.29, 1.82) is 0 Å². The molecule has 146 valence electrons. The minimum atomic E-state index is -0.316. The van der Waals surface area contributed by atoms with Gasteiger partial charge in [0.2, 0.25) is 5.91 Å². The fourth-order valence-corrected chi connectivity index (χ4v) is 4.16. The van der Waals surface area contributed by atoms with Crippen molar-refractivity contribution in [2.45, 2.75) is 19.9 Å². The summed E-state index contributed by atoms with van der Waals surface area (Å²) in [5.74, 6) is 0.515. The predicted octanol–water partition coefficient (Wildman–Crippen LogP) is 3.29. The molecule has 0 radical (unpaired) electrons. The van der Waals surface area contributed by atoms with Crippen LogP contribution < -0.4 is 10.2 Å². The number of carbonyl (C=O) groups is 1. The van der Waals surface area contributed by atoms with Crippen molar-refractivity contribution in [2.24, 2.45) is 0 Å². The maximum Gasteiger partial charge on any atom is 0.241 e. The van der Waals surface area contributed by atoms with E-state index in [1.165, 1.54) is 6.07 Å². The molecule has 3 aromatic rings. The minimum absolute atomic E-state index is 0.126. The number of nitrogens with one attached hydrogen (secondary N) is 1. The number of thiophene rings is 1. The lowest BCUT2D eigenvalue weighted by molar-refractivity contribution is -0.120. The number of nitrogens with zero attached hydrogens (tertiary/aromatic N) is 4. The molecule has 8 heteroatoms. The quantitative estimate of drug-likeness (QED) is 0.730. The third kappa shape index (κ3) is 3.70. The number of aryl methyl sites for hydroxylation is 1. The van der Waals surface area contributed by atoms with Crippen LogP contribution in [0.3, 0.4) is 0 Å². The lowest BCUT2D eigenvalue weighted by Gasteiger charge is -2.38. The van der Waals surface area contributed by atoms with Gasteiger partial charge in [-0.05, 0) is 43.0 Å². The first-order valence-corrected chi connectivity index (χ1v) is 10.1. The third-order valence-corrected chi connectivity index (χ3v) is 6.04. The molecular formula is C20H22FN5OS. The second-order valence-corrected chi connectivity index (χ2v) is 7.88. The van der Waals surface area contributed by atoms with Gasteiger partial charge in [0.1, 0.15) is 22.8 Å². The number of carbonyl (C=O) groups excluding carboxylic acids is 1. The van der Waals surface area contributed by atoms with Crippen LogP contribution in [0.25, 0.3) is 10.2 Å². The van der Waals surface area contributed by atoms with Crippen LogP contribution in [0.5, 0.6) is 0 Å². The summed E-state index contributed by atoms with van der Waals surface area (Å²) in [4.78, 5) is 26.7. The number of aromatic nitrogens is 2. The molecule has 0 bridgehead atoms. The van der Waals surface area contributed by atoms with Gasteiger partial charge in [-0.2, -0.15) is 0 Å². The van der Waals surface area contributed by atoms with Crippen LogP contribution in [0, 0.1) is 12.7 Å². The average Bonchev–Trinajstić information content (AvgIpc) is 3.19. The van der Waals surface area contributed by atoms with E-state index in [-0.39, 0.29) is 17.8 Å². The molecule has 1 aliphatic heterocycles. The van der Waals surface area contributed by atoms with Crippen molar-refractivity contribution in [2.75, 3.05) is 36.4 Å². The molecule has 1 aromatic carbocycles. The number of hydrogen-bond acceptors (Lipinski definition) is 6. The molecule has 1 amide bonds. The molecule has 0 unspecified atom stereocenters. The van der Waals surface area contributed by atoms with E-state index >= 15 is 0 Å². The van der Waals surface area contributed by atoms with Crippen molar-refractivity contribution in [1.82, 2.24) is 14.9 Å². The van der Waals surface area contributed by atoms with E-state index in [2.05, 4.69) is 31.2 Å². The number of piperazine rings is 1. The van der Waals surface area contributed by atoms with E-state index in [0.717, 1.165) is 42.2 Å². The predicted molar refractivity (Wildman–Crippen MR) is 110 cm³/mol. The second-order valence-electron chi connectivity index (χ2n) is 6.99. The zero-order valence-corrected chi connectivity index (χ0v) is 16.7. The van der Waals surface area contributed by atoms with Crippen LogP contribution in [-0.4, -0.2) is 53.0 Å². The summed E-state index contributed by atoms with van der Waals surface area (Å²) < 4.78 is 13.7.